The van der Waals surface area contributed by atoms with E-state index >= 15 is 0 Å². The summed E-state index contributed by atoms with van der Waals surface area (Å²) in [5, 5.41) is 9.05. The lowest BCUT2D eigenvalue weighted by atomic mass is 9.94. The first-order valence-corrected chi connectivity index (χ1v) is 10.8. The Morgan fingerprint density at radius 1 is 1.03 bits per heavy atom. The summed E-state index contributed by atoms with van der Waals surface area (Å²) in [7, 11) is 0. The number of carboxylic acid groups (broad SMARTS) is 1. The first-order chi connectivity index (χ1) is 16.5. The number of carboxylic acids is 1. The molecule has 1 N–H and O–H groups in total. The van der Waals surface area contributed by atoms with Gasteiger partial charge in [-0.2, -0.15) is 13.2 Å². The van der Waals surface area contributed by atoms with Crippen molar-refractivity contribution in [3.63, 3.8) is 0 Å². The molecule has 1 saturated heterocycles. The number of rotatable bonds is 6. The number of aliphatic carboxylic acids is 1. The largest absolute Gasteiger partial charge is 0.481 e. The minimum absolute atomic E-state index is 0.0982. The zero-order valence-electron chi connectivity index (χ0n) is 18.6. The molecule has 3 aromatic carbocycles. The fourth-order valence-corrected chi connectivity index (χ4v) is 4.21. The number of hydrogen-bond donors (Lipinski definition) is 1. The molecule has 1 aliphatic rings. The number of halogens is 4. The molecule has 2 atom stereocenters. The normalized spacial score (nSPS) is 18.0. The summed E-state index contributed by atoms with van der Waals surface area (Å²) in [5.41, 5.74) is 0.601. The van der Waals surface area contributed by atoms with Crippen molar-refractivity contribution in [2.75, 3.05) is 0 Å². The Balaban J connectivity index is 1.74. The third-order valence-corrected chi connectivity index (χ3v) is 5.99. The van der Waals surface area contributed by atoms with Gasteiger partial charge in [-0.3, -0.25) is 9.69 Å². The number of ether oxygens (including phenoxy) is 1. The monoisotopic (exact) mass is 487 g/mol. The molecular formula is C26H21F4NO4. The first kappa shape index (κ1) is 24.3. The predicted octanol–water partition coefficient (Wildman–Crippen LogP) is 6.22. The van der Waals surface area contributed by atoms with Crippen LogP contribution >= 0.6 is 0 Å². The number of cyclic esters (lactones) is 1. The van der Waals surface area contributed by atoms with Crippen LogP contribution in [0.4, 0.5) is 22.4 Å². The van der Waals surface area contributed by atoms with Gasteiger partial charge in [0.25, 0.3) is 0 Å². The Morgan fingerprint density at radius 2 is 1.74 bits per heavy atom. The highest BCUT2D eigenvalue weighted by molar-refractivity contribution is 5.75. The van der Waals surface area contributed by atoms with E-state index in [1.54, 1.807) is 31.2 Å². The zero-order chi connectivity index (χ0) is 25.3. The Kier molecular flexibility index (Phi) is 6.51. The summed E-state index contributed by atoms with van der Waals surface area (Å²) < 4.78 is 60.1. The van der Waals surface area contributed by atoms with Crippen LogP contribution < -0.4 is 0 Å². The van der Waals surface area contributed by atoms with E-state index in [9.17, 15) is 27.2 Å². The maximum atomic E-state index is 14.1. The van der Waals surface area contributed by atoms with Gasteiger partial charge in [0, 0.05) is 0 Å². The van der Waals surface area contributed by atoms with Crippen molar-refractivity contribution in [2.45, 2.75) is 38.2 Å². The molecule has 1 aliphatic heterocycles. The minimum atomic E-state index is -4.62. The fourth-order valence-electron chi connectivity index (χ4n) is 4.21. The van der Waals surface area contributed by atoms with Crippen molar-refractivity contribution >= 4 is 12.1 Å². The maximum absolute atomic E-state index is 14.1. The second-order valence-electron chi connectivity index (χ2n) is 8.33. The standard InChI is InChI=1S/C26H21F4NO4/c1-15-24(16-5-3-2-4-6-16)35-25(34)31(15)14-19-12-20(26(28,29)30)8-9-21(19)17-7-10-22(27)18(11-17)13-23(32)33/h2-12,15,24H,13-14H2,1H3,(H,32,33). The average molecular weight is 487 g/mol. The van der Waals surface area contributed by atoms with E-state index in [2.05, 4.69) is 0 Å². The summed E-state index contributed by atoms with van der Waals surface area (Å²) in [6, 6.07) is 15.4. The quantitative estimate of drug-likeness (QED) is 0.419. The Hall–Kier alpha value is -3.88. The molecule has 9 heteroatoms. The molecule has 1 amide bonds. The Bertz CT molecular complexity index is 1260. The second-order valence-corrected chi connectivity index (χ2v) is 8.33. The van der Waals surface area contributed by atoms with Crippen LogP contribution in [0.5, 0.6) is 0 Å². The average Bonchev–Trinajstić information content (AvgIpc) is 3.08. The van der Waals surface area contributed by atoms with Crippen LogP contribution in [0.25, 0.3) is 11.1 Å². The van der Waals surface area contributed by atoms with Gasteiger partial charge in [-0.1, -0.05) is 42.5 Å². The fraction of sp³-hybridized carbons (Fsp3) is 0.231. The molecule has 0 spiro atoms. The number of carbonyl (C=O) groups is 2. The van der Waals surface area contributed by atoms with Crippen molar-refractivity contribution in [2.24, 2.45) is 0 Å². The van der Waals surface area contributed by atoms with Gasteiger partial charge in [0.1, 0.15) is 11.9 Å². The molecular weight excluding hydrogens is 466 g/mol. The van der Waals surface area contributed by atoms with E-state index in [0.29, 0.717) is 11.1 Å². The first-order valence-electron chi connectivity index (χ1n) is 10.8. The molecule has 1 heterocycles. The second kappa shape index (κ2) is 9.40. The molecule has 35 heavy (non-hydrogen) atoms. The van der Waals surface area contributed by atoms with Crippen molar-refractivity contribution in [3.8, 4) is 11.1 Å². The van der Waals surface area contributed by atoms with Gasteiger partial charge in [0.2, 0.25) is 0 Å². The minimum Gasteiger partial charge on any atom is -0.481 e. The van der Waals surface area contributed by atoms with Crippen LogP contribution in [-0.4, -0.2) is 28.1 Å². The van der Waals surface area contributed by atoms with E-state index in [1.807, 2.05) is 6.07 Å². The lowest BCUT2D eigenvalue weighted by molar-refractivity contribution is -0.138. The number of nitrogens with zero attached hydrogens (tertiary/aromatic N) is 1. The van der Waals surface area contributed by atoms with Crippen LogP contribution in [0.3, 0.4) is 0 Å². The molecule has 0 bridgehead atoms. The molecule has 2 unspecified atom stereocenters. The predicted molar refractivity (Wildman–Crippen MR) is 119 cm³/mol. The smallest absolute Gasteiger partial charge is 0.416 e. The highest BCUT2D eigenvalue weighted by Crippen LogP contribution is 2.38. The van der Waals surface area contributed by atoms with Crippen LogP contribution in [0.15, 0.2) is 66.7 Å². The summed E-state index contributed by atoms with van der Waals surface area (Å²) in [4.78, 5) is 25.1. The maximum Gasteiger partial charge on any atom is 0.416 e. The van der Waals surface area contributed by atoms with Crippen LogP contribution in [0, 0.1) is 5.82 Å². The summed E-state index contributed by atoms with van der Waals surface area (Å²) in [6.45, 7) is 1.56. The highest BCUT2D eigenvalue weighted by Gasteiger charge is 2.40. The van der Waals surface area contributed by atoms with Gasteiger partial charge in [0.15, 0.2) is 0 Å². The van der Waals surface area contributed by atoms with Gasteiger partial charge >= 0.3 is 18.2 Å². The number of hydrogen-bond acceptors (Lipinski definition) is 3. The summed E-state index contributed by atoms with van der Waals surface area (Å²) in [5.74, 6) is -1.97. The molecule has 0 aliphatic carbocycles. The van der Waals surface area contributed by atoms with Gasteiger partial charge in [0.05, 0.1) is 24.6 Å². The van der Waals surface area contributed by atoms with Gasteiger partial charge in [-0.15, -0.1) is 0 Å². The number of benzene rings is 3. The number of alkyl halides is 3. The van der Waals surface area contributed by atoms with E-state index < -0.39 is 48.2 Å². The molecule has 0 aromatic heterocycles. The van der Waals surface area contributed by atoms with Crippen LogP contribution in [0.1, 0.15) is 35.3 Å². The van der Waals surface area contributed by atoms with E-state index in [4.69, 9.17) is 9.84 Å². The van der Waals surface area contributed by atoms with Gasteiger partial charge in [-0.25, -0.2) is 9.18 Å². The zero-order valence-corrected chi connectivity index (χ0v) is 18.6. The molecule has 0 saturated carbocycles. The lowest BCUT2D eigenvalue weighted by Crippen LogP contribution is -2.31. The van der Waals surface area contributed by atoms with Crippen molar-refractivity contribution < 1.29 is 37.0 Å². The molecule has 1 fully saturated rings. The van der Waals surface area contributed by atoms with Gasteiger partial charge < -0.3 is 9.84 Å². The Labute approximate surface area is 198 Å². The SMILES string of the molecule is CC1C(c2ccccc2)OC(=O)N1Cc1cc(C(F)(F)F)ccc1-c1ccc(F)c(CC(=O)O)c1. The van der Waals surface area contributed by atoms with Crippen molar-refractivity contribution in [1.29, 1.82) is 0 Å². The molecule has 5 nitrogen and oxygen atoms in total. The molecule has 182 valence electrons. The summed E-state index contributed by atoms with van der Waals surface area (Å²) >= 11 is 0. The third kappa shape index (κ3) is 5.13. The van der Waals surface area contributed by atoms with E-state index in [-0.39, 0.29) is 17.7 Å². The van der Waals surface area contributed by atoms with Crippen LogP contribution in [0.2, 0.25) is 0 Å². The van der Waals surface area contributed by atoms with E-state index in [0.717, 1.165) is 23.8 Å². The molecule has 0 radical (unpaired) electrons. The Morgan fingerprint density at radius 3 is 2.40 bits per heavy atom. The van der Waals surface area contributed by atoms with Crippen molar-refractivity contribution in [3.05, 3.63) is 94.8 Å². The molecule has 4 rings (SSSR count). The lowest BCUT2D eigenvalue weighted by Gasteiger charge is -2.23. The third-order valence-electron chi connectivity index (χ3n) is 5.99. The van der Waals surface area contributed by atoms with E-state index in [1.165, 1.54) is 23.1 Å². The molecule has 3 aromatic rings. The van der Waals surface area contributed by atoms with Crippen molar-refractivity contribution in [1.82, 2.24) is 4.90 Å². The number of amides is 1. The number of carbonyl (C=O) groups excluding carboxylic acids is 1. The van der Waals surface area contributed by atoms with Gasteiger partial charge in [-0.05, 0) is 59.0 Å². The van der Waals surface area contributed by atoms with Crippen LogP contribution in [-0.2, 0) is 28.7 Å². The highest BCUT2D eigenvalue weighted by atomic mass is 19.4. The topological polar surface area (TPSA) is 66.8 Å². The summed E-state index contributed by atoms with van der Waals surface area (Å²) in [6.07, 6.45) is -6.45.